The van der Waals surface area contributed by atoms with Gasteiger partial charge in [-0.1, -0.05) is 0 Å². The van der Waals surface area contributed by atoms with Crippen LogP contribution in [0, 0.1) is 0 Å². The maximum atomic E-state index is 11.9. The first-order chi connectivity index (χ1) is 8.34. The average Bonchev–Trinajstić information content (AvgIpc) is 2.96. The molecule has 2 aliphatic heterocycles. The van der Waals surface area contributed by atoms with Crippen molar-refractivity contribution < 1.29 is 4.79 Å². The van der Waals surface area contributed by atoms with Gasteiger partial charge in [0.2, 0.25) is 5.91 Å². The highest BCUT2D eigenvalue weighted by molar-refractivity contribution is 7.07. The number of thiazole rings is 1. The Morgan fingerprint density at radius 3 is 3.29 bits per heavy atom. The number of amides is 1. The van der Waals surface area contributed by atoms with Crippen molar-refractivity contribution >= 4 is 17.2 Å². The van der Waals surface area contributed by atoms with Crippen LogP contribution in [0.25, 0.3) is 0 Å². The van der Waals surface area contributed by atoms with E-state index in [0.29, 0.717) is 24.4 Å². The van der Waals surface area contributed by atoms with Crippen LogP contribution < -0.4 is 5.32 Å². The van der Waals surface area contributed by atoms with Gasteiger partial charge in [-0.3, -0.25) is 4.79 Å². The quantitative estimate of drug-likeness (QED) is 0.883. The Kier molecular flexibility index (Phi) is 3.11. The molecule has 2 unspecified atom stereocenters. The van der Waals surface area contributed by atoms with Gasteiger partial charge in [0, 0.05) is 37.0 Å². The van der Waals surface area contributed by atoms with E-state index >= 15 is 0 Å². The van der Waals surface area contributed by atoms with E-state index in [9.17, 15) is 4.79 Å². The van der Waals surface area contributed by atoms with E-state index < -0.39 is 0 Å². The van der Waals surface area contributed by atoms with Crippen LogP contribution in [0.3, 0.4) is 0 Å². The summed E-state index contributed by atoms with van der Waals surface area (Å²) in [5.41, 5.74) is 2.93. The normalized spacial score (nSPS) is 28.5. The summed E-state index contributed by atoms with van der Waals surface area (Å²) in [5.74, 6) is 0.325. The Balaban J connectivity index is 1.61. The predicted octanol–water partition coefficient (Wildman–Crippen LogP) is 1.39. The fourth-order valence-electron chi connectivity index (χ4n) is 2.90. The zero-order valence-electron chi connectivity index (χ0n) is 9.76. The number of carbonyl (C=O) groups is 1. The largest absolute Gasteiger partial charge is 0.338 e. The second-order valence-corrected chi connectivity index (χ2v) is 5.54. The first kappa shape index (κ1) is 11.2. The molecule has 0 spiro atoms. The third-order valence-corrected chi connectivity index (χ3v) is 4.39. The van der Waals surface area contributed by atoms with Gasteiger partial charge in [-0.25, -0.2) is 4.98 Å². The molecule has 4 nitrogen and oxygen atoms in total. The molecule has 17 heavy (non-hydrogen) atoms. The third-order valence-electron chi connectivity index (χ3n) is 3.76. The van der Waals surface area contributed by atoms with Crippen LogP contribution in [0.2, 0.25) is 0 Å². The van der Waals surface area contributed by atoms with Gasteiger partial charge in [0.05, 0.1) is 11.2 Å². The molecule has 0 aliphatic carbocycles. The van der Waals surface area contributed by atoms with Gasteiger partial charge in [-0.05, 0) is 19.3 Å². The molecular formula is C12H17N3OS. The third kappa shape index (κ3) is 2.21. The standard InChI is InChI=1S/C12H17N3OS/c16-12-5-10(11-3-1-2-4-15(11)12)13-6-9-7-17-8-14-9/h7-8,10-11,13H,1-6H2. The molecule has 2 fully saturated rings. The number of rotatable bonds is 3. The fraction of sp³-hybridized carbons (Fsp3) is 0.667. The summed E-state index contributed by atoms with van der Waals surface area (Å²) < 4.78 is 0. The molecule has 1 aromatic heterocycles. The summed E-state index contributed by atoms with van der Waals surface area (Å²) in [4.78, 5) is 18.2. The van der Waals surface area contributed by atoms with Gasteiger partial charge in [-0.15, -0.1) is 11.3 Å². The van der Waals surface area contributed by atoms with Crippen LogP contribution in [0.4, 0.5) is 0 Å². The Hall–Kier alpha value is -0.940. The number of hydrogen-bond donors (Lipinski definition) is 1. The van der Waals surface area contributed by atoms with Gasteiger partial charge in [0.1, 0.15) is 0 Å². The average molecular weight is 251 g/mol. The molecule has 2 saturated heterocycles. The maximum Gasteiger partial charge on any atom is 0.224 e. The van der Waals surface area contributed by atoms with Crippen molar-refractivity contribution in [3.8, 4) is 0 Å². The Morgan fingerprint density at radius 1 is 1.53 bits per heavy atom. The van der Waals surface area contributed by atoms with Crippen LogP contribution in [-0.2, 0) is 11.3 Å². The lowest BCUT2D eigenvalue weighted by Gasteiger charge is -2.32. The zero-order chi connectivity index (χ0) is 11.7. The molecule has 0 bridgehead atoms. The molecular weight excluding hydrogens is 234 g/mol. The molecule has 3 rings (SSSR count). The molecule has 0 aromatic carbocycles. The number of fused-ring (bicyclic) bond motifs is 1. The van der Waals surface area contributed by atoms with Crippen molar-refractivity contribution in [1.82, 2.24) is 15.2 Å². The Labute approximate surface area is 105 Å². The lowest BCUT2D eigenvalue weighted by Crippen LogP contribution is -2.45. The number of carbonyl (C=O) groups excluding carboxylic acids is 1. The summed E-state index contributed by atoms with van der Waals surface area (Å²) in [7, 11) is 0. The van der Waals surface area contributed by atoms with E-state index in [-0.39, 0.29) is 0 Å². The highest BCUT2D eigenvalue weighted by Gasteiger charge is 2.40. The second-order valence-electron chi connectivity index (χ2n) is 4.82. The van der Waals surface area contributed by atoms with Crippen LogP contribution in [0.5, 0.6) is 0 Å². The summed E-state index contributed by atoms with van der Waals surface area (Å²) in [6.07, 6.45) is 4.24. The van der Waals surface area contributed by atoms with Crippen molar-refractivity contribution in [2.24, 2.45) is 0 Å². The van der Waals surface area contributed by atoms with Gasteiger partial charge in [0.15, 0.2) is 0 Å². The zero-order valence-corrected chi connectivity index (χ0v) is 10.6. The number of piperidine rings is 1. The van der Waals surface area contributed by atoms with E-state index in [0.717, 1.165) is 25.2 Å². The van der Waals surface area contributed by atoms with E-state index in [4.69, 9.17) is 0 Å². The SMILES string of the molecule is O=C1CC(NCc2cscn2)C2CCCCN12. The van der Waals surface area contributed by atoms with Crippen molar-refractivity contribution in [3.63, 3.8) is 0 Å². The summed E-state index contributed by atoms with van der Waals surface area (Å²) in [5, 5.41) is 5.55. The molecule has 1 N–H and O–H groups in total. The lowest BCUT2D eigenvalue weighted by molar-refractivity contribution is -0.129. The predicted molar refractivity (Wildman–Crippen MR) is 66.7 cm³/mol. The summed E-state index contributed by atoms with van der Waals surface area (Å²) >= 11 is 1.62. The molecule has 2 atom stereocenters. The minimum Gasteiger partial charge on any atom is -0.338 e. The highest BCUT2D eigenvalue weighted by Crippen LogP contribution is 2.28. The Bertz CT molecular complexity index is 392. The Morgan fingerprint density at radius 2 is 2.47 bits per heavy atom. The molecule has 1 aromatic rings. The van der Waals surface area contributed by atoms with Crippen molar-refractivity contribution in [2.45, 2.75) is 44.3 Å². The highest BCUT2D eigenvalue weighted by atomic mass is 32.1. The van der Waals surface area contributed by atoms with Crippen LogP contribution >= 0.6 is 11.3 Å². The molecule has 1 amide bonds. The topological polar surface area (TPSA) is 45.2 Å². The molecule has 2 aliphatic rings. The molecule has 3 heterocycles. The van der Waals surface area contributed by atoms with Gasteiger partial charge in [-0.2, -0.15) is 0 Å². The first-order valence-electron chi connectivity index (χ1n) is 6.24. The number of nitrogens with one attached hydrogen (secondary N) is 1. The molecule has 0 saturated carbocycles. The van der Waals surface area contributed by atoms with Crippen LogP contribution in [0.15, 0.2) is 10.9 Å². The van der Waals surface area contributed by atoms with E-state index in [1.807, 2.05) is 5.51 Å². The maximum absolute atomic E-state index is 11.9. The monoisotopic (exact) mass is 251 g/mol. The fourth-order valence-corrected chi connectivity index (χ4v) is 3.45. The van der Waals surface area contributed by atoms with Crippen molar-refractivity contribution in [3.05, 3.63) is 16.6 Å². The smallest absolute Gasteiger partial charge is 0.224 e. The molecule has 0 radical (unpaired) electrons. The number of aromatic nitrogens is 1. The van der Waals surface area contributed by atoms with Gasteiger partial charge >= 0.3 is 0 Å². The number of hydrogen-bond acceptors (Lipinski definition) is 4. The van der Waals surface area contributed by atoms with Gasteiger partial charge < -0.3 is 10.2 Å². The molecule has 92 valence electrons. The first-order valence-corrected chi connectivity index (χ1v) is 7.19. The summed E-state index contributed by atoms with van der Waals surface area (Å²) in [6, 6.07) is 0.749. The van der Waals surface area contributed by atoms with E-state index in [1.54, 1.807) is 11.3 Å². The van der Waals surface area contributed by atoms with Crippen molar-refractivity contribution in [2.75, 3.05) is 6.54 Å². The van der Waals surface area contributed by atoms with E-state index in [2.05, 4.69) is 20.6 Å². The lowest BCUT2D eigenvalue weighted by atomic mass is 9.99. The molecule has 5 heteroatoms. The minimum atomic E-state index is 0.324. The van der Waals surface area contributed by atoms with Crippen molar-refractivity contribution in [1.29, 1.82) is 0 Å². The van der Waals surface area contributed by atoms with E-state index in [1.165, 1.54) is 12.8 Å². The van der Waals surface area contributed by atoms with Crippen LogP contribution in [-0.4, -0.2) is 34.4 Å². The second kappa shape index (κ2) is 4.74. The van der Waals surface area contributed by atoms with Gasteiger partial charge in [0.25, 0.3) is 0 Å². The summed E-state index contributed by atoms with van der Waals surface area (Å²) in [6.45, 7) is 1.74. The number of nitrogens with zero attached hydrogens (tertiary/aromatic N) is 2. The minimum absolute atomic E-state index is 0.324. The van der Waals surface area contributed by atoms with Crippen LogP contribution in [0.1, 0.15) is 31.4 Å².